The van der Waals surface area contributed by atoms with E-state index in [9.17, 15) is 4.79 Å². The number of imidazole rings is 1. The minimum absolute atomic E-state index is 0.0298. The van der Waals surface area contributed by atoms with Crippen LogP contribution in [0.25, 0.3) is 11.0 Å². The van der Waals surface area contributed by atoms with Crippen molar-refractivity contribution in [3.63, 3.8) is 0 Å². The molecule has 4 nitrogen and oxygen atoms in total. The van der Waals surface area contributed by atoms with Crippen LogP contribution in [0.3, 0.4) is 0 Å². The van der Waals surface area contributed by atoms with Gasteiger partial charge in [0.05, 0.1) is 17.0 Å². The Labute approximate surface area is 206 Å². The predicted octanol–water partition coefficient (Wildman–Crippen LogP) is 6.66. The average Bonchev–Trinajstić information content (AvgIpc) is 3.24. The Hall–Kier alpha value is -4.18. The molecule has 0 bridgehead atoms. The van der Waals surface area contributed by atoms with Crippen molar-refractivity contribution in [1.82, 2.24) is 9.55 Å². The first kappa shape index (κ1) is 22.6. The zero-order valence-electron chi connectivity index (χ0n) is 20.1. The summed E-state index contributed by atoms with van der Waals surface area (Å²) in [6, 6.07) is 38.8. The van der Waals surface area contributed by atoms with E-state index in [1.165, 1.54) is 0 Å². The summed E-state index contributed by atoms with van der Waals surface area (Å²) in [7, 11) is 0. The highest BCUT2D eigenvalue weighted by atomic mass is 16.2. The number of amides is 1. The SMILES string of the molecule is CC(C)N(C(=O)Cn1c(C(c2ccccc2)c2ccccc2)nc2ccccc21)c1ccccc1. The first-order valence-corrected chi connectivity index (χ1v) is 12.1. The van der Waals surface area contributed by atoms with Gasteiger partial charge in [-0.25, -0.2) is 4.98 Å². The van der Waals surface area contributed by atoms with Crippen LogP contribution in [0, 0.1) is 0 Å². The lowest BCUT2D eigenvalue weighted by Gasteiger charge is -2.28. The maximum Gasteiger partial charge on any atom is 0.247 e. The third kappa shape index (κ3) is 4.60. The average molecular weight is 460 g/mol. The van der Waals surface area contributed by atoms with Crippen LogP contribution < -0.4 is 4.90 Å². The molecule has 0 aliphatic carbocycles. The predicted molar refractivity (Wildman–Crippen MR) is 143 cm³/mol. The van der Waals surface area contributed by atoms with Crippen molar-refractivity contribution < 1.29 is 4.79 Å². The molecule has 1 aromatic heterocycles. The molecular weight excluding hydrogens is 430 g/mol. The highest BCUT2D eigenvalue weighted by Gasteiger charge is 2.27. The molecule has 0 radical (unpaired) electrons. The molecule has 174 valence electrons. The Balaban J connectivity index is 1.65. The van der Waals surface area contributed by atoms with Crippen molar-refractivity contribution in [2.75, 3.05) is 4.90 Å². The van der Waals surface area contributed by atoms with Crippen LogP contribution >= 0.6 is 0 Å². The van der Waals surface area contributed by atoms with Crippen LogP contribution in [0.15, 0.2) is 115 Å². The molecule has 0 fully saturated rings. The molecule has 0 saturated carbocycles. The van der Waals surface area contributed by atoms with Crippen molar-refractivity contribution >= 4 is 22.6 Å². The molecule has 1 amide bonds. The molecule has 5 aromatic rings. The Morgan fingerprint density at radius 2 is 1.26 bits per heavy atom. The number of aromatic nitrogens is 2. The second-order valence-corrected chi connectivity index (χ2v) is 8.99. The molecule has 0 unspecified atom stereocenters. The lowest BCUT2D eigenvalue weighted by Crippen LogP contribution is -2.39. The topological polar surface area (TPSA) is 38.1 Å². The fourth-order valence-corrected chi connectivity index (χ4v) is 4.79. The zero-order valence-corrected chi connectivity index (χ0v) is 20.1. The number of para-hydroxylation sites is 3. The van der Waals surface area contributed by atoms with Gasteiger partial charge in [0.2, 0.25) is 5.91 Å². The van der Waals surface area contributed by atoms with E-state index in [4.69, 9.17) is 4.98 Å². The summed E-state index contributed by atoms with van der Waals surface area (Å²) in [5, 5.41) is 0. The molecule has 5 rings (SSSR count). The number of fused-ring (bicyclic) bond motifs is 1. The fourth-order valence-electron chi connectivity index (χ4n) is 4.79. The molecule has 35 heavy (non-hydrogen) atoms. The normalized spacial score (nSPS) is 11.3. The number of carbonyl (C=O) groups is 1. The maximum absolute atomic E-state index is 13.8. The highest BCUT2D eigenvalue weighted by Crippen LogP contribution is 2.33. The third-order valence-corrected chi connectivity index (χ3v) is 6.32. The number of rotatable bonds is 7. The molecule has 0 aliphatic rings. The Morgan fingerprint density at radius 3 is 1.83 bits per heavy atom. The Morgan fingerprint density at radius 1 is 0.743 bits per heavy atom. The van der Waals surface area contributed by atoms with Gasteiger partial charge in [0.25, 0.3) is 0 Å². The Kier molecular flexibility index (Phi) is 6.44. The van der Waals surface area contributed by atoms with Gasteiger partial charge >= 0.3 is 0 Å². The Bertz CT molecular complexity index is 1370. The molecule has 0 spiro atoms. The van der Waals surface area contributed by atoms with E-state index >= 15 is 0 Å². The van der Waals surface area contributed by atoms with Gasteiger partial charge in [-0.15, -0.1) is 0 Å². The van der Waals surface area contributed by atoms with Crippen LogP contribution in [-0.2, 0) is 11.3 Å². The number of nitrogens with zero attached hydrogens (tertiary/aromatic N) is 3. The fraction of sp³-hybridized carbons (Fsp3) is 0.161. The van der Waals surface area contributed by atoms with Crippen molar-refractivity contribution in [1.29, 1.82) is 0 Å². The van der Waals surface area contributed by atoms with E-state index in [1.807, 2.05) is 71.6 Å². The van der Waals surface area contributed by atoms with Crippen molar-refractivity contribution in [3.05, 3.63) is 132 Å². The number of carbonyl (C=O) groups excluding carboxylic acids is 1. The molecule has 4 aromatic carbocycles. The summed E-state index contributed by atoms with van der Waals surface area (Å²) in [4.78, 5) is 20.8. The lowest BCUT2D eigenvalue weighted by molar-refractivity contribution is -0.119. The molecule has 4 heteroatoms. The summed E-state index contributed by atoms with van der Waals surface area (Å²) in [5.74, 6) is 0.811. The molecule has 0 atom stereocenters. The van der Waals surface area contributed by atoms with Crippen molar-refractivity contribution in [2.24, 2.45) is 0 Å². The molecule has 1 heterocycles. The van der Waals surface area contributed by atoms with E-state index in [-0.39, 0.29) is 24.4 Å². The van der Waals surface area contributed by atoms with Gasteiger partial charge < -0.3 is 9.47 Å². The number of anilines is 1. The standard InChI is InChI=1S/C31H29N3O/c1-23(2)34(26-18-10-5-11-19-26)29(35)22-33-28-21-13-12-20-27(28)32-31(33)30(24-14-6-3-7-15-24)25-16-8-4-9-17-25/h3-21,23,30H,22H2,1-2H3. The van der Waals surface area contributed by atoms with Crippen LogP contribution in [0.5, 0.6) is 0 Å². The summed E-state index contributed by atoms with van der Waals surface area (Å²) in [5.41, 5.74) is 5.05. The van der Waals surface area contributed by atoms with Gasteiger partial charge in [-0.2, -0.15) is 0 Å². The summed E-state index contributed by atoms with van der Waals surface area (Å²) in [6.07, 6.45) is 0. The zero-order chi connectivity index (χ0) is 24.2. The first-order valence-electron chi connectivity index (χ1n) is 12.1. The van der Waals surface area contributed by atoms with Gasteiger partial charge in [-0.1, -0.05) is 91.0 Å². The summed E-state index contributed by atoms with van der Waals surface area (Å²) in [6.45, 7) is 4.31. The first-order chi connectivity index (χ1) is 17.1. The van der Waals surface area contributed by atoms with Crippen LogP contribution in [-0.4, -0.2) is 21.5 Å². The number of hydrogen-bond acceptors (Lipinski definition) is 2. The van der Waals surface area contributed by atoms with Gasteiger partial charge in [0.15, 0.2) is 0 Å². The van der Waals surface area contributed by atoms with E-state index in [0.717, 1.165) is 33.7 Å². The van der Waals surface area contributed by atoms with Crippen molar-refractivity contribution in [3.8, 4) is 0 Å². The van der Waals surface area contributed by atoms with Gasteiger partial charge in [-0.3, -0.25) is 4.79 Å². The molecular formula is C31H29N3O. The quantitative estimate of drug-likeness (QED) is 0.273. The van der Waals surface area contributed by atoms with Crippen molar-refractivity contribution in [2.45, 2.75) is 32.4 Å². The molecule has 0 aliphatic heterocycles. The van der Waals surface area contributed by atoms with Gasteiger partial charge in [0, 0.05) is 11.7 Å². The van der Waals surface area contributed by atoms with Gasteiger partial charge in [0.1, 0.15) is 12.4 Å². The minimum atomic E-state index is -0.0955. The summed E-state index contributed by atoms with van der Waals surface area (Å²) >= 11 is 0. The van der Waals surface area contributed by atoms with E-state index < -0.39 is 0 Å². The monoisotopic (exact) mass is 459 g/mol. The van der Waals surface area contributed by atoms with E-state index in [0.29, 0.717) is 0 Å². The van der Waals surface area contributed by atoms with E-state index in [1.54, 1.807) is 0 Å². The molecule has 0 saturated heterocycles. The van der Waals surface area contributed by atoms with Gasteiger partial charge in [-0.05, 0) is 49.2 Å². The smallest absolute Gasteiger partial charge is 0.247 e. The third-order valence-electron chi connectivity index (χ3n) is 6.32. The van der Waals surface area contributed by atoms with Crippen LogP contribution in [0.4, 0.5) is 5.69 Å². The van der Waals surface area contributed by atoms with Crippen LogP contribution in [0.2, 0.25) is 0 Å². The largest absolute Gasteiger partial charge is 0.318 e. The number of hydrogen-bond donors (Lipinski definition) is 0. The second kappa shape index (κ2) is 9.98. The molecule has 0 N–H and O–H groups in total. The van der Waals surface area contributed by atoms with Crippen LogP contribution in [0.1, 0.15) is 36.7 Å². The highest BCUT2D eigenvalue weighted by molar-refractivity contribution is 5.94. The second-order valence-electron chi connectivity index (χ2n) is 8.99. The lowest BCUT2D eigenvalue weighted by atomic mass is 9.90. The summed E-state index contributed by atoms with van der Waals surface area (Å²) < 4.78 is 2.10. The minimum Gasteiger partial charge on any atom is -0.318 e. The number of benzene rings is 4. The van der Waals surface area contributed by atoms with E-state index in [2.05, 4.69) is 66.9 Å². The maximum atomic E-state index is 13.8.